The van der Waals surface area contributed by atoms with E-state index in [1.165, 1.54) is 22.0 Å². The fraction of sp³-hybridized carbons (Fsp3) is 0.500. The van der Waals surface area contributed by atoms with Crippen molar-refractivity contribution in [3.63, 3.8) is 0 Å². The van der Waals surface area contributed by atoms with Gasteiger partial charge < -0.3 is 0 Å². The summed E-state index contributed by atoms with van der Waals surface area (Å²) in [5.41, 5.74) is 2.96. The summed E-state index contributed by atoms with van der Waals surface area (Å²) in [6, 6.07) is 4.04. The zero-order chi connectivity index (χ0) is 10.5. The Morgan fingerprint density at radius 3 is 2.64 bits per heavy atom. The van der Waals surface area contributed by atoms with Crippen LogP contribution in [0.4, 0.5) is 0 Å². The van der Waals surface area contributed by atoms with Crippen molar-refractivity contribution in [1.82, 2.24) is 0 Å². The molecular weight excluding hydrogens is 259 g/mol. The van der Waals surface area contributed by atoms with Crippen LogP contribution in [0.25, 0.3) is 0 Å². The fourth-order valence-electron chi connectivity index (χ4n) is 2.71. The quantitative estimate of drug-likeness (QED) is 0.631. The molecule has 0 nitrogen and oxygen atoms in total. The number of fused-ring (bicyclic) bond motifs is 1. The highest BCUT2D eigenvalue weighted by atomic mass is 79.9. The van der Waals surface area contributed by atoms with Crippen LogP contribution in [0, 0.1) is 0 Å². The van der Waals surface area contributed by atoms with Crippen LogP contribution < -0.4 is 0 Å². The maximum atomic E-state index is 6.27. The molecule has 1 aliphatic carbocycles. The van der Waals surface area contributed by atoms with Crippen molar-refractivity contribution in [1.29, 1.82) is 0 Å². The van der Waals surface area contributed by atoms with Gasteiger partial charge in [0.2, 0.25) is 0 Å². The third-order valence-electron chi connectivity index (χ3n) is 3.13. The molecule has 0 heterocycles. The molecule has 0 bridgehead atoms. The van der Waals surface area contributed by atoms with Gasteiger partial charge in [-0.05, 0) is 41.0 Å². The van der Waals surface area contributed by atoms with Gasteiger partial charge >= 0.3 is 0 Å². The van der Waals surface area contributed by atoms with Crippen LogP contribution in [-0.2, 0) is 5.41 Å². The molecule has 0 saturated heterocycles. The summed E-state index contributed by atoms with van der Waals surface area (Å²) >= 11 is 9.89. The molecule has 0 aliphatic heterocycles. The van der Waals surface area contributed by atoms with Gasteiger partial charge in [0, 0.05) is 9.50 Å². The van der Waals surface area contributed by atoms with Gasteiger partial charge in [-0.1, -0.05) is 48.3 Å². The van der Waals surface area contributed by atoms with Crippen molar-refractivity contribution >= 4 is 27.5 Å². The number of rotatable bonds is 0. The first-order valence-corrected chi connectivity index (χ1v) is 6.09. The summed E-state index contributed by atoms with van der Waals surface area (Å²) in [4.78, 5) is 0. The van der Waals surface area contributed by atoms with E-state index in [4.69, 9.17) is 11.6 Å². The second kappa shape index (κ2) is 3.24. The first-order chi connectivity index (χ1) is 6.43. The van der Waals surface area contributed by atoms with Crippen LogP contribution in [0.1, 0.15) is 44.2 Å². The normalized spacial score (nSPS) is 23.6. The molecule has 76 valence electrons. The maximum Gasteiger partial charge on any atom is 0.0447 e. The Labute approximate surface area is 98.8 Å². The van der Waals surface area contributed by atoms with E-state index in [0.29, 0.717) is 5.92 Å². The van der Waals surface area contributed by atoms with Crippen LogP contribution >= 0.6 is 27.5 Å². The second-order valence-electron chi connectivity index (χ2n) is 4.81. The van der Waals surface area contributed by atoms with Gasteiger partial charge in [-0.2, -0.15) is 0 Å². The lowest BCUT2D eigenvalue weighted by Crippen LogP contribution is -2.12. The Bertz CT molecular complexity index is 382. The summed E-state index contributed by atoms with van der Waals surface area (Å²) in [5.74, 6) is 0.605. The highest BCUT2D eigenvalue weighted by molar-refractivity contribution is 9.10. The molecule has 14 heavy (non-hydrogen) atoms. The lowest BCUT2D eigenvalue weighted by molar-refractivity contribution is 0.489. The molecule has 0 saturated carbocycles. The summed E-state index contributed by atoms with van der Waals surface area (Å²) in [5, 5.41) is 0.914. The number of hydrogen-bond donors (Lipinski definition) is 0. The van der Waals surface area contributed by atoms with E-state index < -0.39 is 0 Å². The van der Waals surface area contributed by atoms with E-state index in [2.05, 4.69) is 42.8 Å². The molecule has 0 spiro atoms. The van der Waals surface area contributed by atoms with Crippen LogP contribution in [0.2, 0.25) is 5.02 Å². The van der Waals surface area contributed by atoms with Crippen LogP contribution in [0.15, 0.2) is 16.6 Å². The predicted molar refractivity (Wildman–Crippen MR) is 65.2 cm³/mol. The van der Waals surface area contributed by atoms with E-state index in [0.717, 1.165) is 5.02 Å². The molecule has 1 aliphatic rings. The smallest absolute Gasteiger partial charge is 0.0447 e. The summed E-state index contributed by atoms with van der Waals surface area (Å²) in [6.45, 7) is 6.82. The van der Waals surface area contributed by atoms with Crippen molar-refractivity contribution < 1.29 is 0 Å². The zero-order valence-electron chi connectivity index (χ0n) is 8.70. The van der Waals surface area contributed by atoms with Gasteiger partial charge in [-0.25, -0.2) is 0 Å². The Kier molecular flexibility index (Phi) is 2.43. The highest BCUT2D eigenvalue weighted by Gasteiger charge is 2.37. The average Bonchev–Trinajstić information content (AvgIpc) is 2.30. The predicted octanol–water partition coefficient (Wildman–Crippen LogP) is 4.89. The largest absolute Gasteiger partial charge is 0.0840 e. The van der Waals surface area contributed by atoms with Crippen LogP contribution in [0.3, 0.4) is 0 Å². The summed E-state index contributed by atoms with van der Waals surface area (Å²) < 4.78 is 1.20. The molecule has 0 amide bonds. The van der Waals surface area contributed by atoms with Crippen molar-refractivity contribution in [2.45, 2.75) is 38.5 Å². The highest BCUT2D eigenvalue weighted by Crippen LogP contribution is 2.50. The lowest BCUT2D eigenvalue weighted by atomic mass is 9.86. The van der Waals surface area contributed by atoms with Gasteiger partial charge in [0.05, 0.1) is 0 Å². The Hall–Kier alpha value is -0.0100. The minimum absolute atomic E-state index is 0.218. The second-order valence-corrected chi connectivity index (χ2v) is 6.07. The SMILES string of the molecule is C[C@@H]1CC(C)(C)c2c(Cl)ccc(Br)c21. The standard InChI is InChI=1S/C12H14BrCl/c1-7-6-12(2,3)11-9(14)5-4-8(13)10(7)11/h4-5,7H,6H2,1-3H3/t7-/m1/s1. The number of hydrogen-bond acceptors (Lipinski definition) is 0. The Morgan fingerprint density at radius 1 is 1.43 bits per heavy atom. The lowest BCUT2D eigenvalue weighted by Gasteiger charge is -2.20. The topological polar surface area (TPSA) is 0 Å². The molecule has 0 fully saturated rings. The average molecular weight is 274 g/mol. The molecule has 2 heteroatoms. The van der Waals surface area contributed by atoms with Crippen molar-refractivity contribution in [2.75, 3.05) is 0 Å². The number of benzene rings is 1. The monoisotopic (exact) mass is 272 g/mol. The molecule has 1 aromatic carbocycles. The fourth-order valence-corrected chi connectivity index (χ4v) is 3.85. The molecular formula is C12H14BrCl. The van der Waals surface area contributed by atoms with E-state index in [1.54, 1.807) is 0 Å². The first kappa shape index (κ1) is 10.5. The van der Waals surface area contributed by atoms with Gasteiger partial charge in [-0.3, -0.25) is 0 Å². The maximum absolute atomic E-state index is 6.27. The molecule has 2 rings (SSSR count). The molecule has 0 radical (unpaired) electrons. The van der Waals surface area contributed by atoms with Crippen molar-refractivity contribution in [2.24, 2.45) is 0 Å². The number of halogens is 2. The van der Waals surface area contributed by atoms with Crippen LogP contribution in [0.5, 0.6) is 0 Å². The van der Waals surface area contributed by atoms with E-state index >= 15 is 0 Å². The third-order valence-corrected chi connectivity index (χ3v) is 4.13. The summed E-state index contributed by atoms with van der Waals surface area (Å²) in [7, 11) is 0. The van der Waals surface area contributed by atoms with Gasteiger partial charge in [-0.15, -0.1) is 0 Å². The van der Waals surface area contributed by atoms with E-state index in [9.17, 15) is 0 Å². The minimum atomic E-state index is 0.218. The molecule has 0 N–H and O–H groups in total. The third kappa shape index (κ3) is 1.42. The van der Waals surface area contributed by atoms with Crippen molar-refractivity contribution in [3.05, 3.63) is 32.8 Å². The molecule has 1 atom stereocenters. The molecule has 0 unspecified atom stereocenters. The Balaban J connectivity index is 2.73. The van der Waals surface area contributed by atoms with E-state index in [1.807, 2.05) is 6.07 Å². The zero-order valence-corrected chi connectivity index (χ0v) is 11.0. The van der Waals surface area contributed by atoms with Crippen molar-refractivity contribution in [3.8, 4) is 0 Å². The van der Waals surface area contributed by atoms with Gasteiger partial charge in [0.1, 0.15) is 0 Å². The molecule has 1 aromatic rings. The van der Waals surface area contributed by atoms with Crippen LogP contribution in [-0.4, -0.2) is 0 Å². The Morgan fingerprint density at radius 2 is 2.07 bits per heavy atom. The van der Waals surface area contributed by atoms with E-state index in [-0.39, 0.29) is 5.41 Å². The first-order valence-electron chi connectivity index (χ1n) is 4.92. The summed E-state index contributed by atoms with van der Waals surface area (Å²) in [6.07, 6.45) is 1.19. The van der Waals surface area contributed by atoms with Gasteiger partial charge in [0.15, 0.2) is 0 Å². The minimum Gasteiger partial charge on any atom is -0.0840 e. The van der Waals surface area contributed by atoms with Gasteiger partial charge in [0.25, 0.3) is 0 Å². The molecule has 0 aromatic heterocycles.